The Balaban J connectivity index is 1.82. The van der Waals surface area contributed by atoms with E-state index in [0.717, 1.165) is 16.6 Å². The minimum atomic E-state index is -0.913. The fourth-order valence-electron chi connectivity index (χ4n) is 4.73. The Morgan fingerprint density at radius 1 is 1.03 bits per heavy atom. The molecule has 1 fully saturated rings. The molecule has 1 unspecified atom stereocenters. The molecular weight excluding hydrogens is 447 g/mol. The molecule has 4 aromatic rings. The number of nitrogens with zero attached hydrogens (tertiary/aromatic N) is 1. The van der Waals surface area contributed by atoms with Crippen LogP contribution in [0.4, 0.5) is 10.1 Å². The first kappa shape index (κ1) is 22.4. The number of aromatic amines is 1. The summed E-state index contributed by atoms with van der Waals surface area (Å²) >= 11 is 0. The first-order valence-corrected chi connectivity index (χ1v) is 11.1. The van der Waals surface area contributed by atoms with Crippen molar-refractivity contribution in [3.05, 3.63) is 101 Å². The van der Waals surface area contributed by atoms with Crippen LogP contribution in [-0.2, 0) is 9.59 Å². The Bertz CT molecular complexity index is 1540. The third-order valence-electron chi connectivity index (χ3n) is 6.42. The number of para-hydroxylation sites is 1. The van der Waals surface area contributed by atoms with Crippen LogP contribution < -0.4 is 9.64 Å². The van der Waals surface area contributed by atoms with E-state index in [1.807, 2.05) is 31.2 Å². The highest BCUT2D eigenvalue weighted by molar-refractivity contribution is 6.52. The molecule has 0 radical (unpaired) electrons. The molecule has 176 valence electrons. The number of amides is 1. The number of H-pyrrole nitrogens is 1. The number of aliphatic hydroxyl groups is 1. The van der Waals surface area contributed by atoms with Gasteiger partial charge in [-0.05, 0) is 55.8 Å². The van der Waals surface area contributed by atoms with Gasteiger partial charge < -0.3 is 14.8 Å². The number of hydrogen-bond donors (Lipinski definition) is 2. The monoisotopic (exact) mass is 470 g/mol. The van der Waals surface area contributed by atoms with E-state index in [0.29, 0.717) is 22.6 Å². The number of rotatable bonds is 4. The summed E-state index contributed by atoms with van der Waals surface area (Å²) < 4.78 is 19.3. The average molecular weight is 471 g/mol. The van der Waals surface area contributed by atoms with Crippen LogP contribution in [0.3, 0.4) is 0 Å². The van der Waals surface area contributed by atoms with Gasteiger partial charge in [-0.1, -0.05) is 24.3 Å². The van der Waals surface area contributed by atoms with Crippen LogP contribution in [-0.4, -0.2) is 28.9 Å². The summed E-state index contributed by atoms with van der Waals surface area (Å²) in [5.41, 5.74) is 3.27. The summed E-state index contributed by atoms with van der Waals surface area (Å²) in [5, 5.41) is 12.2. The molecule has 2 N–H and O–H groups in total. The summed E-state index contributed by atoms with van der Waals surface area (Å²) in [4.78, 5) is 31.6. The van der Waals surface area contributed by atoms with Crippen molar-refractivity contribution in [2.75, 3.05) is 12.0 Å². The first-order valence-electron chi connectivity index (χ1n) is 11.1. The number of carbonyl (C=O) groups is 2. The summed E-state index contributed by atoms with van der Waals surface area (Å²) in [5.74, 6) is -1.85. The van der Waals surface area contributed by atoms with Crippen LogP contribution in [0.25, 0.3) is 16.7 Å². The zero-order valence-electron chi connectivity index (χ0n) is 19.4. The normalized spacial score (nSPS) is 17.4. The van der Waals surface area contributed by atoms with E-state index in [1.165, 1.54) is 30.2 Å². The van der Waals surface area contributed by atoms with Gasteiger partial charge in [-0.3, -0.25) is 14.5 Å². The Labute approximate surface area is 201 Å². The van der Waals surface area contributed by atoms with Gasteiger partial charge in [-0.25, -0.2) is 4.39 Å². The number of ether oxygens (including phenoxy) is 1. The van der Waals surface area contributed by atoms with Crippen molar-refractivity contribution in [3.8, 4) is 5.75 Å². The Morgan fingerprint density at radius 3 is 2.54 bits per heavy atom. The van der Waals surface area contributed by atoms with Crippen LogP contribution in [0.1, 0.15) is 28.4 Å². The van der Waals surface area contributed by atoms with Crippen LogP contribution in [0.5, 0.6) is 5.75 Å². The van der Waals surface area contributed by atoms with Crippen LogP contribution >= 0.6 is 0 Å². The molecule has 0 bridgehead atoms. The summed E-state index contributed by atoms with van der Waals surface area (Å²) in [7, 11) is 1.52. The minimum Gasteiger partial charge on any atom is -0.507 e. The van der Waals surface area contributed by atoms with E-state index < -0.39 is 23.5 Å². The van der Waals surface area contributed by atoms with E-state index >= 15 is 0 Å². The van der Waals surface area contributed by atoms with Gasteiger partial charge in [0.05, 0.1) is 18.7 Å². The number of aliphatic hydroxyl groups excluding tert-OH is 1. The number of halogens is 1. The molecule has 7 heteroatoms. The lowest BCUT2D eigenvalue weighted by Crippen LogP contribution is -2.29. The second-order valence-corrected chi connectivity index (χ2v) is 8.54. The number of benzene rings is 3. The standard InChI is InChI=1S/C28H23FN2O4/c1-15-13-17(11-12-21(15)29)26(32)24-25(23-16(2)30-22-10-5-4-9-20(22)23)31(28(34)27(24)33)18-7-6-8-19(14-18)35-3/h4-14,25,30,32H,1-3H3/b26-24+. The van der Waals surface area contributed by atoms with Gasteiger partial charge in [0.25, 0.3) is 11.7 Å². The second kappa shape index (κ2) is 8.43. The number of aromatic nitrogens is 1. The van der Waals surface area contributed by atoms with Crippen molar-refractivity contribution < 1.29 is 23.8 Å². The van der Waals surface area contributed by atoms with Crippen LogP contribution in [0.15, 0.2) is 72.3 Å². The van der Waals surface area contributed by atoms with Gasteiger partial charge in [-0.2, -0.15) is 0 Å². The largest absolute Gasteiger partial charge is 0.507 e. The fraction of sp³-hybridized carbons (Fsp3) is 0.143. The molecule has 1 amide bonds. The number of ketones is 1. The molecule has 1 saturated heterocycles. The van der Waals surface area contributed by atoms with Crippen molar-refractivity contribution in [3.63, 3.8) is 0 Å². The van der Waals surface area contributed by atoms with Gasteiger partial charge in [0.15, 0.2) is 0 Å². The van der Waals surface area contributed by atoms with Crippen molar-refractivity contribution in [1.29, 1.82) is 0 Å². The SMILES string of the molecule is COc1cccc(N2C(=O)C(=O)/C(=C(/O)c3ccc(F)c(C)c3)C2c2c(C)[nH]c3ccccc23)c1. The predicted octanol–water partition coefficient (Wildman–Crippen LogP) is 5.56. The molecule has 35 heavy (non-hydrogen) atoms. The smallest absolute Gasteiger partial charge is 0.300 e. The maximum Gasteiger partial charge on any atom is 0.300 e. The molecule has 1 aliphatic heterocycles. The number of nitrogens with one attached hydrogen (secondary N) is 1. The minimum absolute atomic E-state index is 0.0586. The highest BCUT2D eigenvalue weighted by Gasteiger charge is 2.48. The Kier molecular flexibility index (Phi) is 5.40. The lowest BCUT2D eigenvalue weighted by Gasteiger charge is -2.26. The number of carbonyl (C=O) groups excluding carboxylic acids is 2. The molecule has 0 aliphatic carbocycles. The van der Waals surface area contributed by atoms with Gasteiger partial charge in [0, 0.05) is 39.5 Å². The fourth-order valence-corrected chi connectivity index (χ4v) is 4.73. The number of hydrogen-bond acceptors (Lipinski definition) is 4. The lowest BCUT2D eigenvalue weighted by molar-refractivity contribution is -0.132. The lowest BCUT2D eigenvalue weighted by atomic mass is 9.93. The molecule has 1 atom stereocenters. The molecule has 0 saturated carbocycles. The Morgan fingerprint density at radius 2 is 1.80 bits per heavy atom. The topological polar surface area (TPSA) is 82.6 Å². The summed E-state index contributed by atoms with van der Waals surface area (Å²) in [6.07, 6.45) is 0. The highest BCUT2D eigenvalue weighted by atomic mass is 19.1. The van der Waals surface area contributed by atoms with Crippen LogP contribution in [0, 0.1) is 19.7 Å². The van der Waals surface area contributed by atoms with Crippen molar-refractivity contribution in [1.82, 2.24) is 4.98 Å². The van der Waals surface area contributed by atoms with Gasteiger partial charge >= 0.3 is 0 Å². The third kappa shape index (κ3) is 3.56. The zero-order chi connectivity index (χ0) is 24.9. The number of aryl methyl sites for hydroxylation is 2. The van der Waals surface area contributed by atoms with E-state index in [1.54, 1.807) is 31.2 Å². The van der Waals surface area contributed by atoms with Crippen LogP contribution in [0.2, 0.25) is 0 Å². The summed E-state index contributed by atoms with van der Waals surface area (Å²) in [6, 6.07) is 17.6. The maximum absolute atomic E-state index is 13.9. The highest BCUT2D eigenvalue weighted by Crippen LogP contribution is 2.46. The van der Waals surface area contributed by atoms with Crippen molar-refractivity contribution >= 4 is 34.0 Å². The summed E-state index contributed by atoms with van der Waals surface area (Å²) in [6.45, 7) is 3.44. The molecule has 2 heterocycles. The van der Waals surface area contributed by atoms with Crippen molar-refractivity contribution in [2.24, 2.45) is 0 Å². The van der Waals surface area contributed by atoms with E-state index in [2.05, 4.69) is 4.98 Å². The first-order chi connectivity index (χ1) is 16.8. The van der Waals surface area contributed by atoms with Gasteiger partial charge in [0.2, 0.25) is 0 Å². The number of fused-ring (bicyclic) bond motifs is 1. The second-order valence-electron chi connectivity index (χ2n) is 8.54. The molecule has 1 aliphatic rings. The van der Waals surface area contributed by atoms with Gasteiger partial charge in [-0.15, -0.1) is 0 Å². The molecule has 6 nitrogen and oxygen atoms in total. The van der Waals surface area contributed by atoms with Crippen molar-refractivity contribution in [2.45, 2.75) is 19.9 Å². The maximum atomic E-state index is 13.9. The third-order valence-corrected chi connectivity index (χ3v) is 6.42. The number of Topliss-reactive ketones (excluding diaryl/α,β-unsaturated/α-hetero) is 1. The molecular formula is C28H23FN2O4. The molecule has 5 rings (SSSR count). The van der Waals surface area contributed by atoms with Gasteiger partial charge in [0.1, 0.15) is 17.3 Å². The molecule has 1 aromatic heterocycles. The Hall–Kier alpha value is -4.39. The number of anilines is 1. The predicted molar refractivity (Wildman–Crippen MR) is 132 cm³/mol. The van der Waals surface area contributed by atoms with E-state index in [4.69, 9.17) is 4.74 Å². The molecule has 3 aromatic carbocycles. The van der Waals surface area contributed by atoms with E-state index in [-0.39, 0.29) is 16.9 Å². The molecule has 0 spiro atoms. The average Bonchev–Trinajstić information content (AvgIpc) is 3.32. The number of methoxy groups -OCH3 is 1. The zero-order valence-corrected chi connectivity index (χ0v) is 19.4. The van der Waals surface area contributed by atoms with E-state index in [9.17, 15) is 19.1 Å². The quantitative estimate of drug-likeness (QED) is 0.232.